The molecule has 0 spiro atoms. The first-order valence-electron chi connectivity index (χ1n) is 8.07. The largest absolute Gasteiger partial charge is 0.497 e. The van der Waals surface area contributed by atoms with E-state index in [1.807, 2.05) is 39.0 Å². The van der Waals surface area contributed by atoms with Crippen molar-refractivity contribution in [1.29, 1.82) is 0 Å². The van der Waals surface area contributed by atoms with Gasteiger partial charge in [-0.2, -0.15) is 0 Å². The van der Waals surface area contributed by atoms with Gasteiger partial charge in [-0.1, -0.05) is 20.8 Å². The van der Waals surface area contributed by atoms with Crippen molar-refractivity contribution in [3.05, 3.63) is 23.8 Å². The number of nitrogens with one attached hydrogen (secondary N) is 1. The van der Waals surface area contributed by atoms with E-state index in [2.05, 4.69) is 10.2 Å². The number of rotatable bonds is 5. The molecule has 1 aliphatic heterocycles. The minimum Gasteiger partial charge on any atom is -0.497 e. The van der Waals surface area contributed by atoms with E-state index in [1.165, 1.54) is 0 Å². The highest BCUT2D eigenvalue weighted by atomic mass is 16.5. The molecule has 5 heteroatoms. The Balaban J connectivity index is 1.94. The molecule has 128 valence electrons. The molecule has 1 atom stereocenters. The number of likely N-dealkylation sites (tertiary alicyclic amines) is 1. The lowest BCUT2D eigenvalue weighted by Crippen LogP contribution is -2.42. The Morgan fingerprint density at radius 2 is 1.83 bits per heavy atom. The molecule has 0 aromatic heterocycles. The van der Waals surface area contributed by atoms with Crippen molar-refractivity contribution in [2.45, 2.75) is 39.8 Å². The highest BCUT2D eigenvalue weighted by Gasteiger charge is 2.28. The maximum atomic E-state index is 12.1. The first kappa shape index (κ1) is 17.6. The van der Waals surface area contributed by atoms with Gasteiger partial charge in [0.05, 0.1) is 14.2 Å². The fraction of sp³-hybridized carbons (Fsp3) is 0.611. The number of hydrogen-bond donors (Lipinski definition) is 1. The molecule has 1 heterocycles. The molecule has 5 nitrogen and oxygen atoms in total. The molecule has 1 amide bonds. The van der Waals surface area contributed by atoms with Crippen molar-refractivity contribution < 1.29 is 14.3 Å². The number of amides is 1. The van der Waals surface area contributed by atoms with Crippen molar-refractivity contribution in [2.24, 2.45) is 5.41 Å². The molecule has 1 N–H and O–H groups in total. The smallest absolute Gasteiger partial charge is 0.225 e. The molecule has 23 heavy (non-hydrogen) atoms. The highest BCUT2D eigenvalue weighted by Crippen LogP contribution is 2.24. The second kappa shape index (κ2) is 7.21. The maximum absolute atomic E-state index is 12.1. The molecule has 1 saturated heterocycles. The van der Waals surface area contributed by atoms with Crippen LogP contribution in [0.25, 0.3) is 0 Å². The first-order valence-corrected chi connectivity index (χ1v) is 8.07. The fourth-order valence-electron chi connectivity index (χ4n) is 2.71. The normalized spacial score (nSPS) is 18.7. The van der Waals surface area contributed by atoms with Gasteiger partial charge in [0.15, 0.2) is 0 Å². The molecule has 0 radical (unpaired) electrons. The van der Waals surface area contributed by atoms with E-state index in [9.17, 15) is 4.79 Å². The van der Waals surface area contributed by atoms with Crippen LogP contribution in [0, 0.1) is 5.41 Å². The van der Waals surface area contributed by atoms with Gasteiger partial charge in [-0.25, -0.2) is 0 Å². The zero-order chi connectivity index (χ0) is 17.0. The van der Waals surface area contributed by atoms with Gasteiger partial charge in [-0.05, 0) is 24.1 Å². The summed E-state index contributed by atoms with van der Waals surface area (Å²) in [6.07, 6.45) is 0.989. The maximum Gasteiger partial charge on any atom is 0.225 e. The summed E-state index contributed by atoms with van der Waals surface area (Å²) in [7, 11) is 3.32. The minimum atomic E-state index is -0.340. The molecule has 0 unspecified atom stereocenters. The van der Waals surface area contributed by atoms with E-state index in [0.717, 1.165) is 43.1 Å². The quantitative estimate of drug-likeness (QED) is 0.905. The third-order valence-corrected chi connectivity index (χ3v) is 4.11. The molecule has 0 saturated carbocycles. The first-order chi connectivity index (χ1) is 10.8. The van der Waals surface area contributed by atoms with E-state index in [-0.39, 0.29) is 17.4 Å². The monoisotopic (exact) mass is 320 g/mol. The Morgan fingerprint density at radius 1 is 1.22 bits per heavy atom. The van der Waals surface area contributed by atoms with E-state index in [1.54, 1.807) is 14.2 Å². The molecule has 1 aliphatic rings. The summed E-state index contributed by atoms with van der Waals surface area (Å²) >= 11 is 0. The predicted molar refractivity (Wildman–Crippen MR) is 90.8 cm³/mol. The predicted octanol–water partition coefficient (Wildman–Crippen LogP) is 2.44. The molecule has 1 aromatic rings. The summed E-state index contributed by atoms with van der Waals surface area (Å²) in [5.74, 6) is 1.72. The van der Waals surface area contributed by atoms with Crippen LogP contribution < -0.4 is 14.8 Å². The zero-order valence-electron chi connectivity index (χ0n) is 14.8. The standard InChI is InChI=1S/C18H28N2O3/c1-18(2,3)17(21)19-14-6-7-20(12-14)11-13-8-15(22-4)10-16(9-13)23-5/h8-10,14H,6-7,11-12H2,1-5H3,(H,19,21)/t14-/m1/s1. The Bertz CT molecular complexity index is 529. The summed E-state index contributed by atoms with van der Waals surface area (Å²) in [5.41, 5.74) is 0.817. The average Bonchev–Trinajstić information content (AvgIpc) is 2.92. The molecule has 0 aliphatic carbocycles. The van der Waals surface area contributed by atoms with Crippen LogP contribution in [0.3, 0.4) is 0 Å². The Labute approximate surface area is 139 Å². The molecular formula is C18H28N2O3. The summed E-state index contributed by atoms with van der Waals surface area (Å²) in [6.45, 7) is 8.51. The van der Waals surface area contributed by atoms with Crippen LogP contribution in [-0.4, -0.2) is 44.2 Å². The number of methoxy groups -OCH3 is 2. The molecule has 1 aromatic carbocycles. The molecular weight excluding hydrogens is 292 g/mol. The zero-order valence-corrected chi connectivity index (χ0v) is 14.8. The van der Waals surface area contributed by atoms with Gasteiger partial charge in [-0.3, -0.25) is 9.69 Å². The second-order valence-corrected chi connectivity index (χ2v) is 7.17. The topological polar surface area (TPSA) is 50.8 Å². The van der Waals surface area contributed by atoms with E-state index < -0.39 is 0 Å². The van der Waals surface area contributed by atoms with Gasteiger partial charge >= 0.3 is 0 Å². The van der Waals surface area contributed by atoms with E-state index in [0.29, 0.717) is 0 Å². The van der Waals surface area contributed by atoms with Crippen molar-refractivity contribution in [3.63, 3.8) is 0 Å². The number of carbonyl (C=O) groups excluding carboxylic acids is 1. The summed E-state index contributed by atoms with van der Waals surface area (Å²) in [4.78, 5) is 14.4. The lowest BCUT2D eigenvalue weighted by atomic mass is 9.95. The molecule has 0 bridgehead atoms. The van der Waals surface area contributed by atoms with Crippen LogP contribution in [0.1, 0.15) is 32.8 Å². The van der Waals surface area contributed by atoms with Gasteiger partial charge in [0.25, 0.3) is 0 Å². The lowest BCUT2D eigenvalue weighted by molar-refractivity contribution is -0.129. The number of ether oxygens (including phenoxy) is 2. The van der Waals surface area contributed by atoms with Gasteiger partial charge in [0, 0.05) is 37.2 Å². The average molecular weight is 320 g/mol. The third-order valence-electron chi connectivity index (χ3n) is 4.11. The van der Waals surface area contributed by atoms with Crippen molar-refractivity contribution in [1.82, 2.24) is 10.2 Å². The number of carbonyl (C=O) groups is 1. The Morgan fingerprint density at radius 3 is 2.35 bits per heavy atom. The van der Waals surface area contributed by atoms with Crippen LogP contribution in [0.15, 0.2) is 18.2 Å². The van der Waals surface area contributed by atoms with Crippen molar-refractivity contribution in [3.8, 4) is 11.5 Å². The van der Waals surface area contributed by atoms with Gasteiger partial charge in [0.2, 0.25) is 5.91 Å². The van der Waals surface area contributed by atoms with Gasteiger partial charge in [0.1, 0.15) is 11.5 Å². The highest BCUT2D eigenvalue weighted by molar-refractivity contribution is 5.81. The minimum absolute atomic E-state index is 0.118. The third kappa shape index (κ3) is 4.86. The van der Waals surface area contributed by atoms with Crippen LogP contribution in [-0.2, 0) is 11.3 Å². The number of benzene rings is 1. The number of hydrogen-bond acceptors (Lipinski definition) is 4. The van der Waals surface area contributed by atoms with E-state index in [4.69, 9.17) is 9.47 Å². The summed E-state index contributed by atoms with van der Waals surface area (Å²) in [5, 5.41) is 3.15. The van der Waals surface area contributed by atoms with Crippen molar-refractivity contribution in [2.75, 3.05) is 27.3 Å². The second-order valence-electron chi connectivity index (χ2n) is 7.17. The van der Waals surface area contributed by atoms with Crippen LogP contribution in [0.2, 0.25) is 0 Å². The van der Waals surface area contributed by atoms with E-state index >= 15 is 0 Å². The number of nitrogens with zero attached hydrogens (tertiary/aromatic N) is 1. The van der Waals surface area contributed by atoms with Crippen LogP contribution >= 0.6 is 0 Å². The molecule has 1 fully saturated rings. The van der Waals surface area contributed by atoms with Crippen LogP contribution in [0.5, 0.6) is 11.5 Å². The Hall–Kier alpha value is -1.75. The fourth-order valence-corrected chi connectivity index (χ4v) is 2.71. The molecule has 2 rings (SSSR count). The SMILES string of the molecule is COc1cc(CN2CC[C@@H](NC(=O)C(C)(C)C)C2)cc(OC)c1. The van der Waals surface area contributed by atoms with Gasteiger partial charge < -0.3 is 14.8 Å². The van der Waals surface area contributed by atoms with Gasteiger partial charge in [-0.15, -0.1) is 0 Å². The van der Waals surface area contributed by atoms with Crippen LogP contribution in [0.4, 0.5) is 0 Å². The summed E-state index contributed by atoms with van der Waals surface area (Å²) in [6, 6.07) is 6.17. The van der Waals surface area contributed by atoms with Crippen molar-refractivity contribution >= 4 is 5.91 Å². The Kier molecular flexibility index (Phi) is 5.52. The lowest BCUT2D eigenvalue weighted by Gasteiger charge is -2.22. The summed E-state index contributed by atoms with van der Waals surface area (Å²) < 4.78 is 10.6.